The van der Waals surface area contributed by atoms with Gasteiger partial charge in [-0.3, -0.25) is 4.79 Å². The van der Waals surface area contributed by atoms with Crippen molar-refractivity contribution in [1.29, 1.82) is 0 Å². The van der Waals surface area contributed by atoms with Crippen LogP contribution in [0, 0.1) is 13.8 Å². The highest BCUT2D eigenvalue weighted by Crippen LogP contribution is 2.21. The summed E-state index contributed by atoms with van der Waals surface area (Å²) in [6.07, 6.45) is 0.900. The minimum Gasteiger partial charge on any atom is -0.484 e. The van der Waals surface area contributed by atoms with E-state index in [2.05, 4.69) is 15.5 Å². The second kappa shape index (κ2) is 8.73. The van der Waals surface area contributed by atoms with Gasteiger partial charge in [0.25, 0.3) is 11.1 Å². The second-order valence-electron chi connectivity index (χ2n) is 5.68. The highest BCUT2D eigenvalue weighted by Gasteiger charge is 2.12. The Kier molecular flexibility index (Phi) is 6.66. The van der Waals surface area contributed by atoms with Crippen molar-refractivity contribution < 1.29 is 13.9 Å². The Morgan fingerprint density at radius 3 is 2.92 bits per heavy atom. The van der Waals surface area contributed by atoms with Crippen LogP contribution in [-0.4, -0.2) is 27.9 Å². The Labute approximate surface area is 146 Å². The molecule has 0 aliphatic heterocycles. The van der Waals surface area contributed by atoms with Crippen LogP contribution in [0.5, 0.6) is 5.75 Å². The molecule has 1 N–H and O–H groups in total. The van der Waals surface area contributed by atoms with E-state index in [9.17, 15) is 4.79 Å². The van der Waals surface area contributed by atoms with E-state index in [0.29, 0.717) is 11.1 Å². The van der Waals surface area contributed by atoms with Gasteiger partial charge >= 0.3 is 0 Å². The molecule has 6 nitrogen and oxygen atoms in total. The molecule has 0 aliphatic carbocycles. The molecule has 0 bridgehead atoms. The molecule has 0 saturated heterocycles. The maximum absolute atomic E-state index is 11.7. The lowest BCUT2D eigenvalue weighted by Gasteiger charge is -2.09. The molecule has 1 aromatic heterocycles. The molecule has 1 heterocycles. The molecular formula is C17H23N3O3S. The molecule has 7 heteroatoms. The fourth-order valence-corrected chi connectivity index (χ4v) is 2.49. The third kappa shape index (κ3) is 5.56. The predicted molar refractivity (Wildman–Crippen MR) is 93.2 cm³/mol. The molecule has 0 spiro atoms. The highest BCUT2D eigenvalue weighted by molar-refractivity contribution is 7.99. The molecule has 0 saturated carbocycles. The number of hydrogen-bond acceptors (Lipinski definition) is 6. The molecule has 1 unspecified atom stereocenters. The highest BCUT2D eigenvalue weighted by atomic mass is 32.2. The first kappa shape index (κ1) is 18.3. The maximum atomic E-state index is 11.7. The SMILES string of the molecule is CCC(C)NC(=O)CSc1nnc(COc2cc(C)ccc2C)o1. The first-order chi connectivity index (χ1) is 11.5. The van der Waals surface area contributed by atoms with Crippen molar-refractivity contribution in [3.05, 3.63) is 35.2 Å². The number of carbonyl (C=O) groups is 1. The summed E-state index contributed by atoms with van der Waals surface area (Å²) in [6, 6.07) is 6.19. The Hall–Kier alpha value is -2.02. The van der Waals surface area contributed by atoms with Gasteiger partial charge in [-0.25, -0.2) is 0 Å². The normalized spacial score (nSPS) is 12.0. The summed E-state index contributed by atoms with van der Waals surface area (Å²) in [4.78, 5) is 11.7. The second-order valence-corrected chi connectivity index (χ2v) is 6.61. The lowest BCUT2D eigenvalue weighted by Crippen LogP contribution is -2.33. The Morgan fingerprint density at radius 1 is 1.38 bits per heavy atom. The van der Waals surface area contributed by atoms with E-state index >= 15 is 0 Å². The number of nitrogens with one attached hydrogen (secondary N) is 1. The largest absolute Gasteiger partial charge is 0.484 e. The van der Waals surface area contributed by atoms with Crippen LogP contribution in [0.15, 0.2) is 27.8 Å². The minimum absolute atomic E-state index is 0.0410. The van der Waals surface area contributed by atoms with E-state index in [1.54, 1.807) is 0 Å². The zero-order valence-electron chi connectivity index (χ0n) is 14.5. The lowest BCUT2D eigenvalue weighted by atomic mass is 10.1. The van der Waals surface area contributed by atoms with Gasteiger partial charge < -0.3 is 14.5 Å². The molecule has 1 aromatic carbocycles. The number of aryl methyl sites for hydroxylation is 2. The first-order valence-electron chi connectivity index (χ1n) is 7.92. The molecule has 1 amide bonds. The van der Waals surface area contributed by atoms with Crippen molar-refractivity contribution >= 4 is 17.7 Å². The van der Waals surface area contributed by atoms with Crippen molar-refractivity contribution in [3.8, 4) is 5.75 Å². The Balaban J connectivity index is 1.82. The number of carbonyl (C=O) groups excluding carboxylic acids is 1. The minimum atomic E-state index is -0.0410. The van der Waals surface area contributed by atoms with Crippen LogP contribution in [0.3, 0.4) is 0 Å². The number of thioether (sulfide) groups is 1. The quantitative estimate of drug-likeness (QED) is 0.737. The number of amides is 1. The van der Waals surface area contributed by atoms with Gasteiger partial charge in [0.05, 0.1) is 5.75 Å². The van der Waals surface area contributed by atoms with E-state index in [1.807, 2.05) is 45.9 Å². The molecule has 130 valence electrons. The van der Waals surface area contributed by atoms with Crippen LogP contribution in [0.1, 0.15) is 37.3 Å². The molecule has 0 fully saturated rings. The average Bonchev–Trinajstić information content (AvgIpc) is 3.01. The first-order valence-corrected chi connectivity index (χ1v) is 8.91. The van der Waals surface area contributed by atoms with Gasteiger partial charge in [-0.15, -0.1) is 10.2 Å². The zero-order valence-corrected chi connectivity index (χ0v) is 15.3. The van der Waals surface area contributed by atoms with Crippen molar-refractivity contribution in [3.63, 3.8) is 0 Å². The number of aromatic nitrogens is 2. The van der Waals surface area contributed by atoms with Crippen LogP contribution in [-0.2, 0) is 11.4 Å². The number of benzene rings is 1. The number of ether oxygens (including phenoxy) is 1. The van der Waals surface area contributed by atoms with E-state index in [4.69, 9.17) is 9.15 Å². The van der Waals surface area contributed by atoms with Crippen molar-refractivity contribution in [2.24, 2.45) is 0 Å². The molecule has 2 aromatic rings. The third-order valence-electron chi connectivity index (χ3n) is 3.49. The molecule has 0 radical (unpaired) electrons. The van der Waals surface area contributed by atoms with Gasteiger partial charge in [0, 0.05) is 6.04 Å². The smallest absolute Gasteiger partial charge is 0.277 e. The van der Waals surface area contributed by atoms with Gasteiger partial charge in [-0.05, 0) is 44.4 Å². The van der Waals surface area contributed by atoms with Gasteiger partial charge in [0.15, 0.2) is 6.61 Å². The zero-order chi connectivity index (χ0) is 17.5. The maximum Gasteiger partial charge on any atom is 0.277 e. The van der Waals surface area contributed by atoms with Gasteiger partial charge in [0.2, 0.25) is 5.91 Å². The van der Waals surface area contributed by atoms with Crippen molar-refractivity contribution in [1.82, 2.24) is 15.5 Å². The molecule has 2 rings (SSSR count). The molecular weight excluding hydrogens is 326 g/mol. The van der Waals surface area contributed by atoms with Gasteiger partial charge in [-0.2, -0.15) is 0 Å². The van der Waals surface area contributed by atoms with Crippen LogP contribution >= 0.6 is 11.8 Å². The monoisotopic (exact) mass is 349 g/mol. The van der Waals surface area contributed by atoms with Gasteiger partial charge in [-0.1, -0.05) is 30.8 Å². The third-order valence-corrected chi connectivity index (χ3v) is 4.31. The van der Waals surface area contributed by atoms with E-state index < -0.39 is 0 Å². The fourth-order valence-electron chi connectivity index (χ4n) is 1.90. The summed E-state index contributed by atoms with van der Waals surface area (Å²) in [6.45, 7) is 8.20. The van der Waals surface area contributed by atoms with Crippen LogP contribution in [0.2, 0.25) is 0 Å². The fraction of sp³-hybridized carbons (Fsp3) is 0.471. The molecule has 1 atom stereocenters. The Bertz CT molecular complexity index is 687. The van der Waals surface area contributed by atoms with E-state index in [1.165, 1.54) is 11.8 Å². The van der Waals surface area contributed by atoms with Crippen molar-refractivity contribution in [2.45, 2.75) is 52.0 Å². The molecule has 24 heavy (non-hydrogen) atoms. The van der Waals surface area contributed by atoms with Crippen LogP contribution in [0.25, 0.3) is 0 Å². The summed E-state index contributed by atoms with van der Waals surface area (Å²) in [5.41, 5.74) is 2.18. The van der Waals surface area contributed by atoms with Crippen LogP contribution < -0.4 is 10.1 Å². The topological polar surface area (TPSA) is 77.2 Å². The Morgan fingerprint density at radius 2 is 2.17 bits per heavy atom. The summed E-state index contributed by atoms with van der Waals surface area (Å²) in [7, 11) is 0. The van der Waals surface area contributed by atoms with Crippen LogP contribution in [0.4, 0.5) is 0 Å². The summed E-state index contributed by atoms with van der Waals surface area (Å²) in [5, 5.41) is 11.1. The number of rotatable bonds is 8. The molecule has 0 aliphatic rings. The predicted octanol–water partition coefficient (Wildman–Crippen LogP) is 3.27. The van der Waals surface area contributed by atoms with Crippen molar-refractivity contribution in [2.75, 3.05) is 5.75 Å². The lowest BCUT2D eigenvalue weighted by molar-refractivity contribution is -0.119. The number of nitrogens with zero attached hydrogens (tertiary/aromatic N) is 2. The van der Waals surface area contributed by atoms with Gasteiger partial charge in [0.1, 0.15) is 5.75 Å². The standard InChI is InChI=1S/C17H23N3O3S/c1-5-13(4)18-15(21)10-24-17-20-19-16(23-17)9-22-14-8-11(2)6-7-12(14)3/h6-8,13H,5,9-10H2,1-4H3,(H,18,21). The summed E-state index contributed by atoms with van der Waals surface area (Å²) in [5.74, 6) is 1.40. The van der Waals surface area contributed by atoms with E-state index in [0.717, 1.165) is 23.3 Å². The summed E-state index contributed by atoms with van der Waals surface area (Å²) >= 11 is 1.22. The average molecular weight is 349 g/mol. The van der Waals surface area contributed by atoms with E-state index in [-0.39, 0.29) is 24.3 Å². The number of hydrogen-bond donors (Lipinski definition) is 1. The summed E-state index contributed by atoms with van der Waals surface area (Å²) < 4.78 is 11.2.